The summed E-state index contributed by atoms with van der Waals surface area (Å²) in [6.45, 7) is 11.9. The fraction of sp³-hybridized carbons (Fsp3) is 0.471. The summed E-state index contributed by atoms with van der Waals surface area (Å²) < 4.78 is 0. The Morgan fingerprint density at radius 1 is 1.25 bits per heavy atom. The summed E-state index contributed by atoms with van der Waals surface area (Å²) in [4.78, 5) is 6.15. The van der Waals surface area contributed by atoms with Gasteiger partial charge in [0.1, 0.15) is 5.01 Å². The first-order chi connectivity index (χ1) is 9.54. The fourth-order valence-electron chi connectivity index (χ4n) is 2.36. The highest BCUT2D eigenvalue weighted by Gasteiger charge is 2.16. The molecule has 1 aromatic heterocycles. The molecule has 0 saturated heterocycles. The number of aromatic nitrogens is 1. The van der Waals surface area contributed by atoms with Crippen molar-refractivity contribution < 1.29 is 0 Å². The van der Waals surface area contributed by atoms with Gasteiger partial charge in [-0.05, 0) is 51.8 Å². The van der Waals surface area contributed by atoms with E-state index in [1.807, 2.05) is 11.3 Å². The van der Waals surface area contributed by atoms with Crippen LogP contribution >= 0.6 is 11.3 Å². The molecule has 0 saturated carbocycles. The molecule has 1 heterocycles. The number of hydrogen-bond donors (Lipinski definition) is 1. The molecule has 0 fully saturated rings. The van der Waals surface area contributed by atoms with Crippen molar-refractivity contribution >= 4 is 11.3 Å². The Morgan fingerprint density at radius 2 is 2.00 bits per heavy atom. The molecule has 0 amide bonds. The number of rotatable bonds is 5. The van der Waals surface area contributed by atoms with Crippen molar-refractivity contribution in [3.05, 3.63) is 39.9 Å². The van der Waals surface area contributed by atoms with Gasteiger partial charge >= 0.3 is 0 Å². The topological polar surface area (TPSA) is 24.9 Å². The molecule has 0 aliphatic carbocycles. The van der Waals surface area contributed by atoms with Gasteiger partial charge in [0.25, 0.3) is 0 Å². The van der Waals surface area contributed by atoms with Crippen molar-refractivity contribution in [3.8, 4) is 10.6 Å². The summed E-state index contributed by atoms with van der Waals surface area (Å²) in [5.41, 5.74) is 5.09. The maximum Gasteiger partial charge on any atom is 0.124 e. The second kappa shape index (κ2) is 6.51. The number of benzene rings is 1. The first kappa shape index (κ1) is 15.2. The maximum atomic E-state index is 4.79. The van der Waals surface area contributed by atoms with Gasteiger partial charge in [0.15, 0.2) is 0 Å². The lowest BCUT2D eigenvalue weighted by Gasteiger charge is -2.11. The van der Waals surface area contributed by atoms with Gasteiger partial charge in [-0.25, -0.2) is 4.98 Å². The van der Waals surface area contributed by atoms with Crippen LogP contribution in [0, 0.1) is 20.8 Å². The van der Waals surface area contributed by atoms with Crippen molar-refractivity contribution in [1.82, 2.24) is 10.3 Å². The van der Waals surface area contributed by atoms with Crippen LogP contribution in [0.5, 0.6) is 0 Å². The van der Waals surface area contributed by atoms with Crippen LogP contribution < -0.4 is 5.32 Å². The molecule has 1 aromatic carbocycles. The van der Waals surface area contributed by atoms with E-state index in [-0.39, 0.29) is 0 Å². The zero-order valence-electron chi connectivity index (χ0n) is 13.1. The van der Waals surface area contributed by atoms with Crippen molar-refractivity contribution in [3.63, 3.8) is 0 Å². The van der Waals surface area contributed by atoms with Gasteiger partial charge in [0, 0.05) is 16.5 Å². The normalized spacial score (nSPS) is 12.7. The smallest absolute Gasteiger partial charge is 0.124 e. The Balaban J connectivity index is 2.33. The average Bonchev–Trinajstić information content (AvgIpc) is 2.81. The molecule has 0 spiro atoms. The molecule has 1 N–H and O–H groups in total. The molecule has 0 radical (unpaired) electrons. The van der Waals surface area contributed by atoms with Crippen LogP contribution in [0.3, 0.4) is 0 Å². The van der Waals surface area contributed by atoms with Crippen LogP contribution in [0.2, 0.25) is 0 Å². The highest BCUT2D eigenvalue weighted by atomic mass is 32.1. The van der Waals surface area contributed by atoms with Gasteiger partial charge in [-0.3, -0.25) is 0 Å². The molecule has 3 heteroatoms. The summed E-state index contributed by atoms with van der Waals surface area (Å²) in [6, 6.07) is 6.83. The van der Waals surface area contributed by atoms with E-state index in [0.29, 0.717) is 6.04 Å². The number of nitrogens with zero attached hydrogens (tertiary/aromatic N) is 1. The lowest BCUT2D eigenvalue weighted by molar-refractivity contribution is 0.575. The number of aryl methyl sites for hydroxylation is 2. The van der Waals surface area contributed by atoms with Crippen molar-refractivity contribution in [2.75, 3.05) is 6.54 Å². The third kappa shape index (κ3) is 3.10. The number of thiazole rings is 1. The van der Waals surface area contributed by atoms with Crippen LogP contribution in [-0.2, 0) is 0 Å². The van der Waals surface area contributed by atoms with Crippen LogP contribution in [0.25, 0.3) is 10.6 Å². The van der Waals surface area contributed by atoms with E-state index < -0.39 is 0 Å². The van der Waals surface area contributed by atoms with Gasteiger partial charge in [-0.1, -0.05) is 25.1 Å². The molecule has 2 aromatic rings. The zero-order chi connectivity index (χ0) is 14.7. The molecular formula is C17H24N2S. The van der Waals surface area contributed by atoms with E-state index in [0.717, 1.165) is 23.7 Å². The number of nitrogens with one attached hydrogen (secondary N) is 1. The fourth-order valence-corrected chi connectivity index (χ4v) is 3.54. The minimum absolute atomic E-state index is 0.381. The van der Waals surface area contributed by atoms with E-state index >= 15 is 0 Å². The van der Waals surface area contributed by atoms with Crippen molar-refractivity contribution in [2.45, 2.75) is 47.1 Å². The van der Waals surface area contributed by atoms with Crippen molar-refractivity contribution in [1.29, 1.82) is 0 Å². The largest absolute Gasteiger partial charge is 0.309 e. The second-order valence-electron chi connectivity index (χ2n) is 5.39. The monoisotopic (exact) mass is 288 g/mol. The van der Waals surface area contributed by atoms with Gasteiger partial charge in [0.2, 0.25) is 0 Å². The number of hydrogen-bond acceptors (Lipinski definition) is 3. The van der Waals surface area contributed by atoms with Crippen LogP contribution in [-0.4, -0.2) is 11.5 Å². The Bertz CT molecular complexity index is 587. The molecule has 0 bridgehead atoms. The molecule has 0 aliphatic heterocycles. The zero-order valence-corrected chi connectivity index (χ0v) is 13.9. The summed E-state index contributed by atoms with van der Waals surface area (Å²) in [7, 11) is 0. The van der Waals surface area contributed by atoms with Crippen LogP contribution in [0.1, 0.15) is 48.0 Å². The Labute approximate surface area is 126 Å². The summed E-state index contributed by atoms with van der Waals surface area (Å²) in [5, 5.41) is 4.69. The first-order valence-corrected chi connectivity index (χ1v) is 8.13. The SMILES string of the molecule is CCCNC(C)c1sc(-c2cccc(C)c2C)nc1C. The highest BCUT2D eigenvalue weighted by molar-refractivity contribution is 7.15. The molecule has 1 atom stereocenters. The lowest BCUT2D eigenvalue weighted by atomic mass is 10.0. The Kier molecular flexibility index (Phi) is 4.95. The standard InChI is InChI=1S/C17H24N2S/c1-6-10-18-13(4)16-14(5)19-17(20-16)15-9-7-8-11(2)12(15)3/h7-9,13,18H,6,10H2,1-5H3. The molecular weight excluding hydrogens is 264 g/mol. The van der Waals surface area contributed by atoms with Gasteiger partial charge in [-0.2, -0.15) is 0 Å². The average molecular weight is 288 g/mol. The third-order valence-electron chi connectivity index (χ3n) is 3.76. The van der Waals surface area contributed by atoms with E-state index in [9.17, 15) is 0 Å². The highest BCUT2D eigenvalue weighted by Crippen LogP contribution is 2.34. The quantitative estimate of drug-likeness (QED) is 0.855. The van der Waals surface area contributed by atoms with Crippen molar-refractivity contribution in [2.24, 2.45) is 0 Å². The predicted octanol–water partition coefficient (Wildman–Crippen LogP) is 4.80. The summed E-state index contributed by atoms with van der Waals surface area (Å²) in [5.74, 6) is 0. The van der Waals surface area contributed by atoms with E-state index in [1.54, 1.807) is 0 Å². The second-order valence-corrected chi connectivity index (χ2v) is 6.42. The molecule has 2 nitrogen and oxygen atoms in total. The van der Waals surface area contributed by atoms with E-state index in [2.05, 4.69) is 58.1 Å². The van der Waals surface area contributed by atoms with Crippen LogP contribution in [0.15, 0.2) is 18.2 Å². The predicted molar refractivity (Wildman–Crippen MR) is 88.5 cm³/mol. The van der Waals surface area contributed by atoms with Gasteiger partial charge < -0.3 is 5.32 Å². The molecule has 2 rings (SSSR count). The van der Waals surface area contributed by atoms with Gasteiger partial charge in [-0.15, -0.1) is 11.3 Å². The van der Waals surface area contributed by atoms with E-state index in [1.165, 1.54) is 21.6 Å². The molecule has 1 unspecified atom stereocenters. The molecule has 20 heavy (non-hydrogen) atoms. The molecule has 108 valence electrons. The summed E-state index contributed by atoms with van der Waals surface area (Å²) in [6.07, 6.45) is 1.16. The minimum atomic E-state index is 0.381. The Hall–Kier alpha value is -1.19. The first-order valence-electron chi connectivity index (χ1n) is 7.31. The summed E-state index contributed by atoms with van der Waals surface area (Å²) >= 11 is 1.82. The minimum Gasteiger partial charge on any atom is -0.309 e. The molecule has 0 aliphatic rings. The lowest BCUT2D eigenvalue weighted by Crippen LogP contribution is -2.18. The third-order valence-corrected chi connectivity index (χ3v) is 5.13. The van der Waals surface area contributed by atoms with E-state index in [4.69, 9.17) is 4.98 Å². The van der Waals surface area contributed by atoms with Crippen LogP contribution in [0.4, 0.5) is 0 Å². The maximum absolute atomic E-state index is 4.79. The Morgan fingerprint density at radius 3 is 2.70 bits per heavy atom. The van der Waals surface area contributed by atoms with Gasteiger partial charge in [0.05, 0.1) is 5.69 Å².